The Kier molecular flexibility index (Phi) is 5.30. The molecule has 0 radical (unpaired) electrons. The van der Waals surface area contributed by atoms with Crippen LogP contribution in [0.25, 0.3) is 0 Å². The van der Waals surface area contributed by atoms with Crippen molar-refractivity contribution in [1.82, 2.24) is 4.98 Å². The minimum atomic E-state index is -3.45. The number of hydrogen-bond donors (Lipinski definition) is 2. The van der Waals surface area contributed by atoms with E-state index in [4.69, 9.17) is 9.47 Å². The molecule has 1 aromatic heterocycles. The lowest BCUT2D eigenvalue weighted by Crippen LogP contribution is -2.12. The summed E-state index contributed by atoms with van der Waals surface area (Å²) in [5, 5.41) is 2.86. The number of aromatic nitrogens is 1. The van der Waals surface area contributed by atoms with Crippen molar-refractivity contribution >= 4 is 38.1 Å². The average Bonchev–Trinajstić information content (AvgIpc) is 2.86. The molecule has 2 aromatic rings. The quantitative estimate of drug-likeness (QED) is 0.805. The third-order valence-corrected chi connectivity index (χ3v) is 4.70. The predicted molar refractivity (Wildman–Crippen MR) is 92.8 cm³/mol. The standard InChI is InChI=1S/C14H17N3O5S2/c1-8-12(23-14(15-8)17-24(4,19)20)13(18)16-10-6-5-9(21-2)7-11(10)22-3/h5-7H,1-4H3,(H,15,17)(H,16,18). The van der Waals surface area contributed by atoms with Crippen LogP contribution in [-0.4, -0.2) is 39.8 Å². The van der Waals surface area contributed by atoms with E-state index in [0.717, 1.165) is 17.6 Å². The van der Waals surface area contributed by atoms with Crippen molar-refractivity contribution in [3.63, 3.8) is 0 Å². The Balaban J connectivity index is 2.24. The van der Waals surface area contributed by atoms with Crippen molar-refractivity contribution in [3.05, 3.63) is 28.8 Å². The molecule has 0 saturated carbocycles. The van der Waals surface area contributed by atoms with Crippen molar-refractivity contribution in [1.29, 1.82) is 0 Å². The van der Waals surface area contributed by atoms with E-state index < -0.39 is 15.9 Å². The second-order valence-corrected chi connectivity index (χ2v) is 7.58. The van der Waals surface area contributed by atoms with Crippen LogP contribution in [0.2, 0.25) is 0 Å². The summed E-state index contributed by atoms with van der Waals surface area (Å²) < 4.78 is 35.1. The predicted octanol–water partition coefficient (Wildman–Crippen LogP) is 2.09. The maximum atomic E-state index is 12.4. The molecule has 130 valence electrons. The second-order valence-electron chi connectivity index (χ2n) is 4.83. The molecule has 0 saturated heterocycles. The van der Waals surface area contributed by atoms with Crippen LogP contribution in [0.3, 0.4) is 0 Å². The molecule has 0 fully saturated rings. The first-order chi connectivity index (χ1) is 11.2. The number of thiazole rings is 1. The van der Waals surface area contributed by atoms with E-state index in [9.17, 15) is 13.2 Å². The number of nitrogens with zero attached hydrogens (tertiary/aromatic N) is 1. The van der Waals surface area contributed by atoms with Crippen LogP contribution in [0.5, 0.6) is 11.5 Å². The molecule has 2 rings (SSSR count). The van der Waals surface area contributed by atoms with Gasteiger partial charge < -0.3 is 14.8 Å². The molecule has 24 heavy (non-hydrogen) atoms. The summed E-state index contributed by atoms with van der Waals surface area (Å²) in [4.78, 5) is 16.8. The zero-order valence-electron chi connectivity index (χ0n) is 13.5. The summed E-state index contributed by atoms with van der Waals surface area (Å²) in [5.74, 6) is 0.632. The minimum absolute atomic E-state index is 0.141. The van der Waals surface area contributed by atoms with E-state index in [2.05, 4.69) is 15.0 Å². The molecule has 0 unspecified atom stereocenters. The fourth-order valence-corrected chi connectivity index (χ4v) is 3.59. The fourth-order valence-electron chi connectivity index (χ4n) is 1.89. The minimum Gasteiger partial charge on any atom is -0.497 e. The second kappa shape index (κ2) is 7.05. The number of benzene rings is 1. The van der Waals surface area contributed by atoms with Gasteiger partial charge in [0.2, 0.25) is 10.0 Å². The van der Waals surface area contributed by atoms with Gasteiger partial charge in [-0.3, -0.25) is 9.52 Å². The van der Waals surface area contributed by atoms with Gasteiger partial charge in [-0.05, 0) is 19.1 Å². The molecule has 1 aromatic carbocycles. The summed E-state index contributed by atoms with van der Waals surface area (Å²) in [7, 11) is -0.437. The molecule has 8 nitrogen and oxygen atoms in total. The molecule has 1 amide bonds. The molecule has 0 spiro atoms. The summed E-state index contributed by atoms with van der Waals surface area (Å²) >= 11 is 0.956. The molecule has 0 bridgehead atoms. The number of methoxy groups -OCH3 is 2. The highest BCUT2D eigenvalue weighted by Crippen LogP contribution is 2.31. The Bertz CT molecular complexity index is 861. The Morgan fingerprint density at radius 3 is 2.54 bits per heavy atom. The first-order valence-electron chi connectivity index (χ1n) is 6.72. The summed E-state index contributed by atoms with van der Waals surface area (Å²) in [5.41, 5.74) is 0.893. The molecule has 0 aliphatic rings. The van der Waals surface area contributed by atoms with E-state index >= 15 is 0 Å². The first-order valence-corrected chi connectivity index (χ1v) is 9.43. The van der Waals surface area contributed by atoms with Crippen LogP contribution < -0.4 is 19.5 Å². The number of hydrogen-bond acceptors (Lipinski definition) is 7. The van der Waals surface area contributed by atoms with Crippen molar-refractivity contribution in [2.45, 2.75) is 6.92 Å². The third-order valence-electron chi connectivity index (χ3n) is 2.93. The van der Waals surface area contributed by atoms with Crippen LogP contribution in [0.1, 0.15) is 15.4 Å². The normalized spacial score (nSPS) is 11.0. The van der Waals surface area contributed by atoms with Gasteiger partial charge in [-0.1, -0.05) is 11.3 Å². The SMILES string of the molecule is COc1ccc(NC(=O)c2sc(NS(C)(=O)=O)nc2C)c(OC)c1. The highest BCUT2D eigenvalue weighted by atomic mass is 32.2. The number of carbonyl (C=O) groups is 1. The average molecular weight is 371 g/mol. The lowest BCUT2D eigenvalue weighted by Gasteiger charge is -2.11. The number of nitrogens with one attached hydrogen (secondary N) is 2. The zero-order chi connectivity index (χ0) is 17.9. The lowest BCUT2D eigenvalue weighted by atomic mass is 10.2. The number of aryl methyl sites for hydroxylation is 1. The molecular formula is C14H17N3O5S2. The summed E-state index contributed by atoms with van der Waals surface area (Å²) in [6, 6.07) is 4.99. The van der Waals surface area contributed by atoms with Crippen LogP contribution in [0.15, 0.2) is 18.2 Å². The van der Waals surface area contributed by atoms with Crippen LogP contribution in [-0.2, 0) is 10.0 Å². The fraction of sp³-hybridized carbons (Fsp3) is 0.286. The van der Waals surface area contributed by atoms with Crippen molar-refractivity contribution < 1.29 is 22.7 Å². The highest BCUT2D eigenvalue weighted by molar-refractivity contribution is 7.92. The monoisotopic (exact) mass is 371 g/mol. The van der Waals surface area contributed by atoms with Crippen molar-refractivity contribution in [2.24, 2.45) is 0 Å². The molecule has 0 aliphatic carbocycles. The molecule has 10 heteroatoms. The molecule has 0 aliphatic heterocycles. The molecule has 1 heterocycles. The third kappa shape index (κ3) is 4.36. The van der Waals surface area contributed by atoms with Crippen molar-refractivity contribution in [3.8, 4) is 11.5 Å². The van der Waals surface area contributed by atoms with Gasteiger partial charge in [0, 0.05) is 6.07 Å². The zero-order valence-corrected chi connectivity index (χ0v) is 15.2. The van der Waals surface area contributed by atoms with Gasteiger partial charge in [0.25, 0.3) is 5.91 Å². The number of sulfonamides is 1. The van der Waals surface area contributed by atoms with E-state index in [-0.39, 0.29) is 5.13 Å². The van der Waals surface area contributed by atoms with Gasteiger partial charge in [-0.15, -0.1) is 0 Å². The Hall–Kier alpha value is -2.33. The van der Waals surface area contributed by atoms with Crippen molar-refractivity contribution in [2.75, 3.05) is 30.5 Å². The lowest BCUT2D eigenvalue weighted by molar-refractivity contribution is 0.102. The smallest absolute Gasteiger partial charge is 0.267 e. The Morgan fingerprint density at radius 1 is 1.25 bits per heavy atom. The van der Waals surface area contributed by atoms with Gasteiger partial charge in [0.05, 0.1) is 31.9 Å². The Labute approximate surface area is 143 Å². The summed E-state index contributed by atoms with van der Waals surface area (Å²) in [6.45, 7) is 1.63. The highest BCUT2D eigenvalue weighted by Gasteiger charge is 2.18. The van der Waals surface area contributed by atoms with E-state index in [1.165, 1.54) is 14.2 Å². The van der Waals surface area contributed by atoms with Crippen LogP contribution in [0.4, 0.5) is 10.8 Å². The van der Waals surface area contributed by atoms with Gasteiger partial charge >= 0.3 is 0 Å². The van der Waals surface area contributed by atoms with E-state index in [1.54, 1.807) is 25.1 Å². The van der Waals surface area contributed by atoms with Crippen LogP contribution in [0, 0.1) is 6.92 Å². The van der Waals surface area contributed by atoms with E-state index in [0.29, 0.717) is 27.8 Å². The topological polar surface area (TPSA) is 107 Å². The summed E-state index contributed by atoms with van der Waals surface area (Å²) in [6.07, 6.45) is 1.02. The number of anilines is 2. The Morgan fingerprint density at radius 2 is 1.96 bits per heavy atom. The van der Waals surface area contributed by atoms with E-state index in [1.807, 2.05) is 0 Å². The number of amides is 1. The van der Waals surface area contributed by atoms with Gasteiger partial charge in [-0.2, -0.15) is 0 Å². The number of ether oxygens (including phenoxy) is 2. The number of carbonyl (C=O) groups excluding carboxylic acids is 1. The maximum Gasteiger partial charge on any atom is 0.267 e. The van der Waals surface area contributed by atoms with Gasteiger partial charge in [0.1, 0.15) is 16.4 Å². The largest absolute Gasteiger partial charge is 0.497 e. The van der Waals surface area contributed by atoms with Gasteiger partial charge in [-0.25, -0.2) is 13.4 Å². The first kappa shape index (κ1) is 18.0. The molecular weight excluding hydrogens is 354 g/mol. The maximum absolute atomic E-state index is 12.4. The van der Waals surface area contributed by atoms with Crippen LogP contribution >= 0.6 is 11.3 Å². The molecule has 2 N–H and O–H groups in total. The number of rotatable bonds is 6. The van der Waals surface area contributed by atoms with Gasteiger partial charge in [0.15, 0.2) is 5.13 Å². The molecule has 0 atom stereocenters.